The summed E-state index contributed by atoms with van der Waals surface area (Å²) in [6, 6.07) is 10.4. The molecule has 1 fully saturated rings. The Bertz CT molecular complexity index is 731. The Labute approximate surface area is 146 Å². The standard InChI is InChI=1S/C19H22N2O2S/c22-18(17-6-10-24-12-17)21-9-7-19(23,14-21)13-20-8-5-15-3-1-2-4-16(15)11-20/h1-4,6,10,12,23H,5,7-9,11,13-14H2. The van der Waals surface area contributed by atoms with E-state index >= 15 is 0 Å². The largest absolute Gasteiger partial charge is 0.387 e. The molecule has 126 valence electrons. The minimum absolute atomic E-state index is 0.0381. The first-order valence-corrected chi connectivity index (χ1v) is 9.40. The Morgan fingerprint density at radius 1 is 1.21 bits per heavy atom. The number of fused-ring (bicyclic) bond motifs is 1. The Morgan fingerprint density at radius 2 is 2.04 bits per heavy atom. The van der Waals surface area contributed by atoms with Crippen LogP contribution in [0.4, 0.5) is 0 Å². The van der Waals surface area contributed by atoms with E-state index in [-0.39, 0.29) is 5.91 Å². The van der Waals surface area contributed by atoms with Crippen molar-refractivity contribution < 1.29 is 9.90 Å². The maximum Gasteiger partial charge on any atom is 0.254 e. The number of hydrogen-bond acceptors (Lipinski definition) is 4. The number of nitrogens with zero attached hydrogens (tertiary/aromatic N) is 2. The molecule has 1 atom stereocenters. The van der Waals surface area contributed by atoms with Crippen molar-refractivity contribution in [3.63, 3.8) is 0 Å². The summed E-state index contributed by atoms with van der Waals surface area (Å²) in [5.74, 6) is 0.0381. The number of amides is 1. The zero-order valence-electron chi connectivity index (χ0n) is 13.6. The van der Waals surface area contributed by atoms with Gasteiger partial charge in [-0.1, -0.05) is 24.3 Å². The van der Waals surface area contributed by atoms with Crippen molar-refractivity contribution in [1.82, 2.24) is 9.80 Å². The molecular formula is C19H22N2O2S. The average molecular weight is 342 g/mol. The number of thiophene rings is 1. The van der Waals surface area contributed by atoms with Gasteiger partial charge in [-0.2, -0.15) is 11.3 Å². The smallest absolute Gasteiger partial charge is 0.254 e. The van der Waals surface area contributed by atoms with Gasteiger partial charge in [0.15, 0.2) is 0 Å². The summed E-state index contributed by atoms with van der Waals surface area (Å²) in [5, 5.41) is 14.8. The number of carbonyl (C=O) groups is 1. The van der Waals surface area contributed by atoms with Gasteiger partial charge in [-0.15, -0.1) is 0 Å². The molecule has 1 aromatic heterocycles. The Morgan fingerprint density at radius 3 is 2.83 bits per heavy atom. The van der Waals surface area contributed by atoms with Gasteiger partial charge in [0.1, 0.15) is 0 Å². The van der Waals surface area contributed by atoms with Gasteiger partial charge in [-0.05, 0) is 35.4 Å². The molecule has 0 aliphatic carbocycles. The molecule has 4 rings (SSSR count). The molecule has 0 saturated carbocycles. The molecule has 4 nitrogen and oxygen atoms in total. The lowest BCUT2D eigenvalue weighted by molar-refractivity contribution is 0.00806. The summed E-state index contributed by atoms with van der Waals surface area (Å²) in [4.78, 5) is 16.6. The second kappa shape index (κ2) is 6.31. The topological polar surface area (TPSA) is 43.8 Å². The molecule has 2 aromatic rings. The monoisotopic (exact) mass is 342 g/mol. The first kappa shape index (κ1) is 15.8. The number of likely N-dealkylation sites (tertiary alicyclic amines) is 1. The van der Waals surface area contributed by atoms with E-state index in [1.807, 2.05) is 16.8 Å². The van der Waals surface area contributed by atoms with Crippen LogP contribution in [0.3, 0.4) is 0 Å². The molecule has 24 heavy (non-hydrogen) atoms. The predicted molar refractivity (Wildman–Crippen MR) is 95.2 cm³/mol. The van der Waals surface area contributed by atoms with Crippen LogP contribution in [0.5, 0.6) is 0 Å². The Balaban J connectivity index is 1.40. The molecule has 0 radical (unpaired) electrons. The van der Waals surface area contributed by atoms with Crippen LogP contribution in [0.25, 0.3) is 0 Å². The van der Waals surface area contributed by atoms with Crippen LogP contribution in [0, 0.1) is 0 Å². The van der Waals surface area contributed by atoms with Crippen LogP contribution >= 0.6 is 11.3 Å². The number of hydrogen-bond donors (Lipinski definition) is 1. The molecule has 1 unspecified atom stereocenters. The normalized spacial score (nSPS) is 24.1. The summed E-state index contributed by atoms with van der Waals surface area (Å²) in [7, 11) is 0. The molecule has 5 heteroatoms. The average Bonchev–Trinajstić information content (AvgIpc) is 3.24. The second-order valence-electron chi connectivity index (χ2n) is 6.94. The highest BCUT2D eigenvalue weighted by Gasteiger charge is 2.40. The fourth-order valence-corrected chi connectivity index (χ4v) is 4.46. The van der Waals surface area contributed by atoms with Crippen molar-refractivity contribution in [1.29, 1.82) is 0 Å². The number of aliphatic hydroxyl groups is 1. The van der Waals surface area contributed by atoms with Crippen LogP contribution in [0.2, 0.25) is 0 Å². The van der Waals surface area contributed by atoms with Crippen molar-refractivity contribution in [3.05, 3.63) is 57.8 Å². The van der Waals surface area contributed by atoms with Crippen LogP contribution in [0.1, 0.15) is 27.9 Å². The minimum Gasteiger partial charge on any atom is -0.387 e. The number of benzene rings is 1. The third-order valence-corrected chi connectivity index (χ3v) is 5.80. The number of β-amino-alcohol motifs (C(OH)–C–C–N with tert-alkyl or cyclic N) is 1. The third kappa shape index (κ3) is 3.11. The molecule has 1 amide bonds. The van der Waals surface area contributed by atoms with Gasteiger partial charge in [0.2, 0.25) is 0 Å². The molecule has 1 aromatic carbocycles. The van der Waals surface area contributed by atoms with E-state index in [1.165, 1.54) is 22.5 Å². The maximum absolute atomic E-state index is 12.5. The van der Waals surface area contributed by atoms with Crippen molar-refractivity contribution in [2.45, 2.75) is 25.0 Å². The minimum atomic E-state index is -0.794. The summed E-state index contributed by atoms with van der Waals surface area (Å²) >= 11 is 1.53. The third-order valence-electron chi connectivity index (χ3n) is 5.12. The molecule has 2 aliphatic rings. The first-order chi connectivity index (χ1) is 11.6. The molecular weight excluding hydrogens is 320 g/mol. The molecule has 3 heterocycles. The van der Waals surface area contributed by atoms with Gasteiger partial charge in [0, 0.05) is 31.6 Å². The lowest BCUT2D eigenvalue weighted by Gasteiger charge is -2.34. The van der Waals surface area contributed by atoms with Crippen LogP contribution in [-0.2, 0) is 13.0 Å². The molecule has 1 saturated heterocycles. The zero-order chi connectivity index (χ0) is 16.6. The van der Waals surface area contributed by atoms with E-state index in [4.69, 9.17) is 0 Å². The van der Waals surface area contributed by atoms with E-state index in [0.29, 0.717) is 26.1 Å². The summed E-state index contributed by atoms with van der Waals surface area (Å²) in [6.45, 7) is 3.55. The lowest BCUT2D eigenvalue weighted by atomic mass is 9.97. The summed E-state index contributed by atoms with van der Waals surface area (Å²) < 4.78 is 0. The Hall–Kier alpha value is -1.69. The fraction of sp³-hybridized carbons (Fsp3) is 0.421. The van der Waals surface area contributed by atoms with Crippen LogP contribution in [0.15, 0.2) is 41.1 Å². The zero-order valence-corrected chi connectivity index (χ0v) is 14.5. The van der Waals surface area contributed by atoms with E-state index in [0.717, 1.165) is 25.1 Å². The van der Waals surface area contributed by atoms with Crippen molar-refractivity contribution >= 4 is 17.2 Å². The molecule has 2 aliphatic heterocycles. The van der Waals surface area contributed by atoms with Gasteiger partial charge >= 0.3 is 0 Å². The SMILES string of the molecule is O=C(c1ccsc1)N1CCC(O)(CN2CCc3ccccc3C2)C1. The Kier molecular flexibility index (Phi) is 4.16. The highest BCUT2D eigenvalue weighted by Crippen LogP contribution is 2.27. The second-order valence-corrected chi connectivity index (χ2v) is 7.72. The fourth-order valence-electron chi connectivity index (χ4n) is 3.83. The highest BCUT2D eigenvalue weighted by atomic mass is 32.1. The molecule has 1 N–H and O–H groups in total. The maximum atomic E-state index is 12.5. The predicted octanol–water partition coefficient (Wildman–Crippen LogP) is 2.38. The van der Waals surface area contributed by atoms with Crippen molar-refractivity contribution in [2.24, 2.45) is 0 Å². The van der Waals surface area contributed by atoms with E-state index in [9.17, 15) is 9.90 Å². The van der Waals surface area contributed by atoms with Gasteiger partial charge in [0.25, 0.3) is 5.91 Å². The lowest BCUT2D eigenvalue weighted by Crippen LogP contribution is -2.47. The van der Waals surface area contributed by atoms with E-state index in [2.05, 4.69) is 29.2 Å². The molecule has 0 spiro atoms. The van der Waals surface area contributed by atoms with Crippen molar-refractivity contribution in [3.8, 4) is 0 Å². The van der Waals surface area contributed by atoms with E-state index in [1.54, 1.807) is 4.90 Å². The van der Waals surface area contributed by atoms with Gasteiger partial charge in [-0.25, -0.2) is 0 Å². The quantitative estimate of drug-likeness (QED) is 0.931. The summed E-state index contributed by atoms with van der Waals surface area (Å²) in [5.41, 5.74) is 2.71. The first-order valence-electron chi connectivity index (χ1n) is 8.46. The van der Waals surface area contributed by atoms with Gasteiger partial charge in [0.05, 0.1) is 17.7 Å². The van der Waals surface area contributed by atoms with Crippen LogP contribution < -0.4 is 0 Å². The van der Waals surface area contributed by atoms with E-state index < -0.39 is 5.60 Å². The number of carbonyl (C=O) groups excluding carboxylic acids is 1. The summed E-state index contributed by atoms with van der Waals surface area (Å²) in [6.07, 6.45) is 1.69. The van der Waals surface area contributed by atoms with Crippen molar-refractivity contribution in [2.75, 3.05) is 26.2 Å². The molecule has 0 bridgehead atoms. The van der Waals surface area contributed by atoms with Crippen LogP contribution in [-0.4, -0.2) is 52.6 Å². The number of rotatable bonds is 3. The van der Waals surface area contributed by atoms with Gasteiger partial charge in [-0.3, -0.25) is 9.69 Å². The van der Waals surface area contributed by atoms with Gasteiger partial charge < -0.3 is 10.0 Å². The highest BCUT2D eigenvalue weighted by molar-refractivity contribution is 7.08.